The van der Waals surface area contributed by atoms with E-state index in [-0.39, 0.29) is 5.91 Å². The van der Waals surface area contributed by atoms with Gasteiger partial charge in [-0.25, -0.2) is 0 Å². The Bertz CT molecular complexity index is 1270. The lowest BCUT2D eigenvalue weighted by Gasteiger charge is -2.15. The summed E-state index contributed by atoms with van der Waals surface area (Å²) in [5.41, 5.74) is 3.54. The van der Waals surface area contributed by atoms with Crippen LogP contribution in [0.25, 0.3) is 17.1 Å². The van der Waals surface area contributed by atoms with Gasteiger partial charge in [-0.15, -0.1) is 10.2 Å². The maximum absolute atomic E-state index is 12.9. The highest BCUT2D eigenvalue weighted by Gasteiger charge is 2.23. The Morgan fingerprint density at radius 3 is 2.32 bits per heavy atom. The molecule has 0 bridgehead atoms. The van der Waals surface area contributed by atoms with Crippen molar-refractivity contribution in [2.24, 2.45) is 0 Å². The quantitative estimate of drug-likeness (QED) is 0.346. The average molecular weight is 475 g/mol. The number of para-hydroxylation sites is 1. The standard InChI is InChI=1S/C26H26N4O3S/c1-17-9-11-19(12-10-17)27-25(31)18(2)34-26-29-28-24(22-7-5-6-8-23(22)33-4)30(26)20-13-15-21(32-3)16-14-20/h5-16,18H,1-4H3,(H,27,31)/t18-/m0/s1. The van der Waals surface area contributed by atoms with E-state index in [2.05, 4.69) is 15.5 Å². The number of carbonyl (C=O) groups is 1. The van der Waals surface area contributed by atoms with Crippen molar-refractivity contribution >= 4 is 23.4 Å². The van der Waals surface area contributed by atoms with Crippen LogP contribution < -0.4 is 14.8 Å². The molecular weight excluding hydrogens is 448 g/mol. The molecular formula is C26H26N4O3S. The van der Waals surface area contributed by atoms with E-state index in [1.54, 1.807) is 14.2 Å². The Hall–Kier alpha value is -3.78. The maximum Gasteiger partial charge on any atom is 0.237 e. The van der Waals surface area contributed by atoms with Gasteiger partial charge in [-0.2, -0.15) is 0 Å². The van der Waals surface area contributed by atoms with Crippen LogP contribution in [0.3, 0.4) is 0 Å². The molecule has 4 aromatic rings. The van der Waals surface area contributed by atoms with E-state index in [1.165, 1.54) is 11.8 Å². The van der Waals surface area contributed by atoms with Crippen molar-refractivity contribution in [3.8, 4) is 28.6 Å². The summed E-state index contributed by atoms with van der Waals surface area (Å²) >= 11 is 1.34. The van der Waals surface area contributed by atoms with Crippen LogP contribution in [0, 0.1) is 6.92 Å². The molecule has 0 radical (unpaired) electrons. The molecule has 3 aromatic carbocycles. The zero-order valence-electron chi connectivity index (χ0n) is 19.5. The molecule has 8 heteroatoms. The molecule has 1 aromatic heterocycles. The zero-order valence-corrected chi connectivity index (χ0v) is 20.3. The van der Waals surface area contributed by atoms with Crippen LogP contribution in [0.4, 0.5) is 5.69 Å². The van der Waals surface area contributed by atoms with Gasteiger partial charge in [0.15, 0.2) is 11.0 Å². The number of ether oxygens (including phenoxy) is 2. The Morgan fingerprint density at radius 1 is 0.941 bits per heavy atom. The number of thioether (sulfide) groups is 1. The van der Waals surface area contributed by atoms with Crippen molar-refractivity contribution in [1.29, 1.82) is 0 Å². The number of hydrogen-bond acceptors (Lipinski definition) is 6. The minimum absolute atomic E-state index is 0.114. The topological polar surface area (TPSA) is 78.3 Å². The summed E-state index contributed by atoms with van der Waals surface area (Å²) in [5.74, 6) is 1.94. The van der Waals surface area contributed by atoms with E-state index < -0.39 is 5.25 Å². The Labute approximate surface area is 203 Å². The monoisotopic (exact) mass is 474 g/mol. The van der Waals surface area contributed by atoms with Crippen molar-refractivity contribution < 1.29 is 14.3 Å². The van der Waals surface area contributed by atoms with E-state index in [1.807, 2.05) is 91.2 Å². The third-order valence-corrected chi connectivity index (χ3v) is 6.33. The SMILES string of the molecule is COc1ccc(-n2c(S[C@@H](C)C(=O)Nc3ccc(C)cc3)nnc2-c2ccccc2OC)cc1. The highest BCUT2D eigenvalue weighted by atomic mass is 32.2. The van der Waals surface area contributed by atoms with E-state index in [4.69, 9.17) is 9.47 Å². The van der Waals surface area contributed by atoms with Crippen molar-refractivity contribution in [3.05, 3.63) is 78.4 Å². The van der Waals surface area contributed by atoms with Crippen LogP contribution in [-0.4, -0.2) is 40.1 Å². The number of methoxy groups -OCH3 is 2. The molecule has 0 unspecified atom stereocenters. The van der Waals surface area contributed by atoms with Gasteiger partial charge in [-0.1, -0.05) is 41.6 Å². The van der Waals surface area contributed by atoms with E-state index in [0.717, 1.165) is 28.3 Å². The smallest absolute Gasteiger partial charge is 0.237 e. The van der Waals surface area contributed by atoms with Crippen LogP contribution in [0.1, 0.15) is 12.5 Å². The van der Waals surface area contributed by atoms with Crippen LogP contribution in [-0.2, 0) is 4.79 Å². The second-order valence-corrected chi connectivity index (χ2v) is 8.96. The molecule has 0 saturated heterocycles. The van der Waals surface area contributed by atoms with Gasteiger partial charge in [0.1, 0.15) is 11.5 Å². The first-order valence-electron chi connectivity index (χ1n) is 10.8. The number of carbonyl (C=O) groups excluding carboxylic acids is 1. The van der Waals surface area contributed by atoms with Gasteiger partial charge in [0.05, 0.1) is 30.7 Å². The zero-order chi connectivity index (χ0) is 24.1. The molecule has 0 aliphatic rings. The lowest BCUT2D eigenvalue weighted by Crippen LogP contribution is -2.22. The average Bonchev–Trinajstić information content (AvgIpc) is 3.28. The second-order valence-electron chi connectivity index (χ2n) is 7.66. The first kappa shape index (κ1) is 23.4. The van der Waals surface area contributed by atoms with E-state index in [0.29, 0.717) is 16.7 Å². The van der Waals surface area contributed by atoms with Gasteiger partial charge in [-0.3, -0.25) is 9.36 Å². The minimum atomic E-state index is -0.409. The largest absolute Gasteiger partial charge is 0.497 e. The Morgan fingerprint density at radius 2 is 1.65 bits per heavy atom. The molecule has 0 aliphatic heterocycles. The lowest BCUT2D eigenvalue weighted by molar-refractivity contribution is -0.115. The van der Waals surface area contributed by atoms with Gasteiger partial charge in [0.25, 0.3) is 0 Å². The predicted octanol–water partition coefficient (Wildman–Crippen LogP) is 5.38. The van der Waals surface area contributed by atoms with Gasteiger partial charge in [0.2, 0.25) is 5.91 Å². The second kappa shape index (κ2) is 10.4. The fourth-order valence-corrected chi connectivity index (χ4v) is 4.27. The number of nitrogens with one attached hydrogen (secondary N) is 1. The number of nitrogens with zero attached hydrogens (tertiary/aromatic N) is 3. The van der Waals surface area contributed by atoms with Crippen LogP contribution in [0.15, 0.2) is 78.0 Å². The minimum Gasteiger partial charge on any atom is -0.497 e. The lowest BCUT2D eigenvalue weighted by atomic mass is 10.2. The van der Waals surface area contributed by atoms with Crippen molar-refractivity contribution in [2.75, 3.05) is 19.5 Å². The summed E-state index contributed by atoms with van der Waals surface area (Å²) in [6.45, 7) is 3.86. The fourth-order valence-electron chi connectivity index (χ4n) is 3.41. The number of amides is 1. The Balaban J connectivity index is 1.68. The summed E-state index contributed by atoms with van der Waals surface area (Å²) in [5, 5.41) is 12.1. The number of benzene rings is 3. The number of rotatable bonds is 8. The van der Waals surface area contributed by atoms with Crippen molar-refractivity contribution in [1.82, 2.24) is 14.8 Å². The van der Waals surface area contributed by atoms with Gasteiger partial charge < -0.3 is 14.8 Å². The van der Waals surface area contributed by atoms with Crippen LogP contribution in [0.5, 0.6) is 11.5 Å². The third kappa shape index (κ3) is 5.07. The third-order valence-electron chi connectivity index (χ3n) is 5.28. The van der Waals surface area contributed by atoms with E-state index >= 15 is 0 Å². The summed E-state index contributed by atoms with van der Waals surface area (Å²) in [6.07, 6.45) is 0. The number of anilines is 1. The van der Waals surface area contributed by atoms with Gasteiger partial charge in [0, 0.05) is 5.69 Å². The van der Waals surface area contributed by atoms with Gasteiger partial charge >= 0.3 is 0 Å². The number of aromatic nitrogens is 3. The van der Waals surface area contributed by atoms with Crippen LogP contribution in [0.2, 0.25) is 0 Å². The number of aryl methyl sites for hydroxylation is 1. The molecule has 7 nitrogen and oxygen atoms in total. The van der Waals surface area contributed by atoms with E-state index in [9.17, 15) is 4.79 Å². The molecule has 34 heavy (non-hydrogen) atoms. The maximum atomic E-state index is 12.9. The summed E-state index contributed by atoms with van der Waals surface area (Å²) in [6, 6.07) is 23.0. The summed E-state index contributed by atoms with van der Waals surface area (Å²) < 4.78 is 12.8. The predicted molar refractivity (Wildman–Crippen MR) is 135 cm³/mol. The molecule has 0 spiro atoms. The van der Waals surface area contributed by atoms with Gasteiger partial charge in [-0.05, 0) is 62.4 Å². The highest BCUT2D eigenvalue weighted by molar-refractivity contribution is 8.00. The highest BCUT2D eigenvalue weighted by Crippen LogP contribution is 2.35. The first-order valence-corrected chi connectivity index (χ1v) is 11.7. The van der Waals surface area contributed by atoms with Crippen molar-refractivity contribution in [2.45, 2.75) is 24.3 Å². The molecule has 0 fully saturated rings. The van der Waals surface area contributed by atoms with Crippen molar-refractivity contribution in [3.63, 3.8) is 0 Å². The molecule has 0 saturated carbocycles. The molecule has 1 N–H and O–H groups in total. The molecule has 1 heterocycles. The molecule has 4 rings (SSSR count). The fraction of sp³-hybridized carbons (Fsp3) is 0.192. The molecule has 0 aliphatic carbocycles. The normalized spacial score (nSPS) is 11.6. The number of hydrogen-bond donors (Lipinski definition) is 1. The summed E-state index contributed by atoms with van der Waals surface area (Å²) in [7, 11) is 3.25. The molecule has 1 amide bonds. The van der Waals surface area contributed by atoms with Crippen LogP contribution >= 0.6 is 11.8 Å². The summed E-state index contributed by atoms with van der Waals surface area (Å²) in [4.78, 5) is 12.9. The molecule has 1 atom stereocenters. The Kier molecular flexibility index (Phi) is 7.18. The molecule has 174 valence electrons. The first-order chi connectivity index (χ1) is 16.5.